The Balaban J connectivity index is 0.000000345. The first-order valence-corrected chi connectivity index (χ1v) is 7.88. The molecule has 12 heteroatoms. The number of nitrogens with two attached hydrogens (primary N) is 2. The first-order valence-electron chi connectivity index (χ1n) is 7.88. The Kier molecular flexibility index (Phi) is 6.01. The average Bonchev–Trinajstić information content (AvgIpc) is 2.96. The summed E-state index contributed by atoms with van der Waals surface area (Å²) in [5.41, 5.74) is 12.7. The summed E-state index contributed by atoms with van der Waals surface area (Å²) >= 11 is 0. The number of rotatable bonds is 3. The van der Waals surface area contributed by atoms with E-state index in [1.54, 1.807) is 4.90 Å². The number of anilines is 1. The van der Waals surface area contributed by atoms with Crippen LogP contribution in [0.5, 0.6) is 0 Å². The van der Waals surface area contributed by atoms with Crippen molar-refractivity contribution in [2.45, 2.75) is 19.1 Å². The van der Waals surface area contributed by atoms with Gasteiger partial charge < -0.3 is 21.5 Å². The summed E-state index contributed by atoms with van der Waals surface area (Å²) in [6.07, 6.45) is -3.19. The first kappa shape index (κ1) is 20.9. The number of benzene rings is 1. The minimum absolute atomic E-state index is 0.208. The van der Waals surface area contributed by atoms with Gasteiger partial charge in [-0.2, -0.15) is 13.2 Å². The number of alkyl halides is 3. The number of amides is 2. The molecule has 0 unspecified atom stereocenters. The van der Waals surface area contributed by atoms with Crippen LogP contribution in [0.4, 0.5) is 19.0 Å². The molecule has 150 valence electrons. The molecule has 0 aliphatic carbocycles. The van der Waals surface area contributed by atoms with Crippen molar-refractivity contribution in [3.8, 4) is 0 Å². The summed E-state index contributed by atoms with van der Waals surface area (Å²) in [5, 5.41) is 7.88. The zero-order valence-corrected chi connectivity index (χ0v) is 14.3. The van der Waals surface area contributed by atoms with Crippen LogP contribution in [0.15, 0.2) is 24.5 Å². The number of hydrogen-bond acceptors (Lipinski definition) is 6. The van der Waals surface area contributed by atoms with Crippen molar-refractivity contribution in [1.29, 1.82) is 0 Å². The average molecular weight is 399 g/mol. The number of aromatic nitrogens is 2. The number of carbonyl (C=O) groups is 3. The van der Waals surface area contributed by atoms with Crippen molar-refractivity contribution in [1.82, 2.24) is 14.9 Å². The van der Waals surface area contributed by atoms with Crippen molar-refractivity contribution < 1.29 is 32.7 Å². The zero-order valence-electron chi connectivity index (χ0n) is 14.3. The van der Waals surface area contributed by atoms with Crippen molar-refractivity contribution in [3.05, 3.63) is 30.1 Å². The maximum Gasteiger partial charge on any atom is 0.490 e. The van der Waals surface area contributed by atoms with Gasteiger partial charge in [-0.1, -0.05) is 6.07 Å². The molecule has 5 N–H and O–H groups in total. The highest BCUT2D eigenvalue weighted by atomic mass is 19.4. The molecule has 1 aromatic heterocycles. The number of likely N-dealkylation sites (tertiary alicyclic amines) is 1. The van der Waals surface area contributed by atoms with Crippen LogP contribution in [-0.2, 0) is 20.9 Å². The number of halogens is 3. The third-order valence-corrected chi connectivity index (χ3v) is 3.99. The predicted octanol–water partition coefficient (Wildman–Crippen LogP) is 0.679. The smallest absolute Gasteiger partial charge is 0.475 e. The molecule has 9 nitrogen and oxygen atoms in total. The molecule has 0 radical (unpaired) electrons. The molecule has 2 aromatic rings. The number of carboxylic acids is 1. The molecule has 1 atom stereocenters. The Morgan fingerprint density at radius 1 is 1.29 bits per heavy atom. The quantitative estimate of drug-likeness (QED) is 0.642. The number of primary amides is 1. The van der Waals surface area contributed by atoms with E-state index >= 15 is 0 Å². The highest BCUT2D eigenvalue weighted by molar-refractivity contribution is 6.00. The van der Waals surface area contributed by atoms with Crippen LogP contribution >= 0.6 is 0 Å². The SMILES string of the molecule is NC(=O)[C@@H]1CCN(Cc2ccc3ncnc(N)c3c2)C1=O.O=C(O)C(F)(F)F. The minimum Gasteiger partial charge on any atom is -0.475 e. The Morgan fingerprint density at radius 3 is 2.46 bits per heavy atom. The van der Waals surface area contributed by atoms with Gasteiger partial charge in [0.05, 0.1) is 5.52 Å². The van der Waals surface area contributed by atoms with Crippen LogP contribution in [-0.4, -0.2) is 50.5 Å². The number of carbonyl (C=O) groups excluding carboxylic acids is 2. The largest absolute Gasteiger partial charge is 0.490 e. The van der Waals surface area contributed by atoms with Gasteiger partial charge in [-0.25, -0.2) is 14.8 Å². The van der Waals surface area contributed by atoms with E-state index in [0.717, 1.165) is 16.5 Å². The number of hydrogen-bond donors (Lipinski definition) is 3. The van der Waals surface area contributed by atoms with Gasteiger partial charge in [-0.15, -0.1) is 0 Å². The molecule has 2 amide bonds. The first-order chi connectivity index (χ1) is 13.0. The molecule has 3 rings (SSSR count). The van der Waals surface area contributed by atoms with Crippen LogP contribution in [0, 0.1) is 5.92 Å². The molecule has 0 spiro atoms. The standard InChI is InChI=1S/C14H15N5O2.C2HF3O2/c15-12-10-5-8(1-2-11(10)17-7-18-12)6-19-4-3-9(13(16)20)14(19)21;3-2(4,5)1(6)7/h1-2,5,7,9H,3-4,6H2,(H2,16,20)(H2,15,17,18);(H,6,7)/t9-;/m0./s1. The Labute approximate surface area is 156 Å². The topological polar surface area (TPSA) is 152 Å². The van der Waals surface area contributed by atoms with Gasteiger partial charge in [-0.3, -0.25) is 9.59 Å². The molecule has 0 saturated carbocycles. The van der Waals surface area contributed by atoms with E-state index in [2.05, 4.69) is 9.97 Å². The second-order valence-electron chi connectivity index (χ2n) is 5.92. The Hall–Kier alpha value is -3.44. The molecule has 0 bridgehead atoms. The van der Waals surface area contributed by atoms with Crippen LogP contribution in [0.25, 0.3) is 10.9 Å². The fraction of sp³-hybridized carbons (Fsp3) is 0.312. The van der Waals surface area contributed by atoms with E-state index in [4.69, 9.17) is 21.4 Å². The van der Waals surface area contributed by atoms with Crippen LogP contribution in [0.3, 0.4) is 0 Å². The molecular weight excluding hydrogens is 383 g/mol. The van der Waals surface area contributed by atoms with E-state index in [-0.39, 0.29) is 5.91 Å². The highest BCUT2D eigenvalue weighted by Gasteiger charge is 2.38. The van der Waals surface area contributed by atoms with Gasteiger partial charge >= 0.3 is 12.1 Å². The van der Waals surface area contributed by atoms with Crippen molar-refractivity contribution in [2.24, 2.45) is 11.7 Å². The van der Waals surface area contributed by atoms with Crippen molar-refractivity contribution in [3.63, 3.8) is 0 Å². The normalized spacial score (nSPS) is 16.6. The number of aliphatic carboxylic acids is 1. The maximum absolute atomic E-state index is 12.1. The molecule has 2 heterocycles. The van der Waals surface area contributed by atoms with Gasteiger partial charge in [0.15, 0.2) is 0 Å². The van der Waals surface area contributed by atoms with Gasteiger partial charge in [0.2, 0.25) is 11.8 Å². The lowest BCUT2D eigenvalue weighted by Gasteiger charge is -2.16. The van der Waals surface area contributed by atoms with Gasteiger partial charge in [-0.05, 0) is 24.1 Å². The second-order valence-corrected chi connectivity index (χ2v) is 5.92. The van der Waals surface area contributed by atoms with Crippen molar-refractivity contribution in [2.75, 3.05) is 12.3 Å². The summed E-state index contributed by atoms with van der Waals surface area (Å²) in [7, 11) is 0. The van der Waals surface area contributed by atoms with Gasteiger partial charge in [0.25, 0.3) is 0 Å². The van der Waals surface area contributed by atoms with E-state index in [9.17, 15) is 22.8 Å². The fourth-order valence-corrected chi connectivity index (χ4v) is 2.60. The molecule has 1 aliphatic heterocycles. The lowest BCUT2D eigenvalue weighted by atomic mass is 10.1. The number of carboxylic acid groups (broad SMARTS) is 1. The van der Waals surface area contributed by atoms with Gasteiger partial charge in [0, 0.05) is 18.5 Å². The van der Waals surface area contributed by atoms with Gasteiger partial charge in [0.1, 0.15) is 18.1 Å². The molecule has 28 heavy (non-hydrogen) atoms. The fourth-order valence-electron chi connectivity index (χ4n) is 2.60. The predicted molar refractivity (Wildman–Crippen MR) is 90.4 cm³/mol. The summed E-state index contributed by atoms with van der Waals surface area (Å²) in [6.45, 7) is 0.956. The molecule has 1 aliphatic rings. The molecule has 1 aromatic carbocycles. The number of fused-ring (bicyclic) bond motifs is 1. The maximum atomic E-state index is 12.1. The summed E-state index contributed by atoms with van der Waals surface area (Å²) in [4.78, 5) is 41.8. The van der Waals surface area contributed by atoms with E-state index < -0.39 is 24.0 Å². The minimum atomic E-state index is -5.08. The van der Waals surface area contributed by atoms with Crippen molar-refractivity contribution >= 4 is 34.5 Å². The third-order valence-electron chi connectivity index (χ3n) is 3.99. The summed E-state index contributed by atoms with van der Waals surface area (Å²) in [5.74, 6) is -3.81. The van der Waals surface area contributed by atoms with E-state index in [1.807, 2.05) is 18.2 Å². The summed E-state index contributed by atoms with van der Waals surface area (Å²) < 4.78 is 31.7. The Bertz CT molecular complexity index is 919. The summed E-state index contributed by atoms with van der Waals surface area (Å²) in [6, 6.07) is 5.60. The second kappa shape index (κ2) is 8.06. The number of nitrogen functional groups attached to an aromatic ring is 1. The number of nitrogens with zero attached hydrogens (tertiary/aromatic N) is 3. The monoisotopic (exact) mass is 399 g/mol. The van der Waals surface area contributed by atoms with Crippen LogP contribution < -0.4 is 11.5 Å². The zero-order chi connectivity index (χ0) is 21.1. The van der Waals surface area contributed by atoms with E-state index in [0.29, 0.717) is 25.3 Å². The van der Waals surface area contributed by atoms with Crippen LogP contribution in [0.2, 0.25) is 0 Å². The van der Waals surface area contributed by atoms with E-state index in [1.165, 1.54) is 6.33 Å². The Morgan fingerprint density at radius 2 is 1.93 bits per heavy atom. The third kappa shape index (κ3) is 4.84. The van der Waals surface area contributed by atoms with Crippen LogP contribution in [0.1, 0.15) is 12.0 Å². The molecular formula is C16H16F3N5O4. The molecule has 1 saturated heterocycles. The highest BCUT2D eigenvalue weighted by Crippen LogP contribution is 2.23. The lowest BCUT2D eigenvalue weighted by molar-refractivity contribution is -0.192. The molecule has 1 fully saturated rings. The lowest BCUT2D eigenvalue weighted by Crippen LogP contribution is -2.33.